The van der Waals surface area contributed by atoms with Crippen molar-refractivity contribution in [2.24, 2.45) is 0 Å². The molecule has 0 atom stereocenters. The summed E-state index contributed by atoms with van der Waals surface area (Å²) >= 11 is 0. The Bertz CT molecular complexity index is 969. The number of carbonyl (C=O) groups excluding carboxylic acids is 1. The lowest BCUT2D eigenvalue weighted by Crippen LogP contribution is -2.29. The summed E-state index contributed by atoms with van der Waals surface area (Å²) in [6, 6.07) is 20.2. The normalized spacial score (nSPS) is 10.5. The molecule has 0 saturated carbocycles. The topological polar surface area (TPSA) is 80.6 Å². The third-order valence-electron chi connectivity index (χ3n) is 4.20. The lowest BCUT2D eigenvalue weighted by molar-refractivity contribution is 0.0939. The van der Waals surface area contributed by atoms with Gasteiger partial charge in [0.05, 0.1) is 12.8 Å². The molecule has 0 radical (unpaired) electrons. The minimum absolute atomic E-state index is 0.136. The molecular weight excluding hydrogens is 356 g/mol. The number of aromatic nitrogens is 1. The Kier molecular flexibility index (Phi) is 6.59. The summed E-state index contributed by atoms with van der Waals surface area (Å²) in [4.78, 5) is 25.0. The second-order valence-corrected chi connectivity index (χ2v) is 6.25. The van der Waals surface area contributed by atoms with E-state index in [1.54, 1.807) is 0 Å². The summed E-state index contributed by atoms with van der Waals surface area (Å²) < 4.78 is 7.16. The maximum absolute atomic E-state index is 12.6. The fourth-order valence-electron chi connectivity index (χ4n) is 2.75. The summed E-state index contributed by atoms with van der Waals surface area (Å²) in [6.45, 7) is 0.601. The highest BCUT2D eigenvalue weighted by molar-refractivity contribution is 5.92. The predicted octanol–water partition coefficient (Wildman–Crippen LogP) is 2.35. The van der Waals surface area contributed by atoms with Gasteiger partial charge >= 0.3 is 0 Å². The summed E-state index contributed by atoms with van der Waals surface area (Å²) in [6.07, 6.45) is 1.47. The first-order valence-corrected chi connectivity index (χ1v) is 9.01. The smallest absolute Gasteiger partial charge is 0.268 e. The standard InChI is InChI=1S/C22H22N2O4/c25-12-11-24-15-21(28-16-18-9-5-2-6-10-18)20(26)13-19(24)22(27)23-14-17-7-3-1-4-8-17/h1-10,13,15,25H,11-12,14,16H2,(H,23,27). The van der Waals surface area contributed by atoms with Gasteiger partial charge in [0.15, 0.2) is 5.75 Å². The molecule has 3 rings (SSSR count). The molecule has 0 unspecified atom stereocenters. The van der Waals surface area contributed by atoms with E-state index in [4.69, 9.17) is 4.74 Å². The van der Waals surface area contributed by atoms with Crippen LogP contribution in [0.1, 0.15) is 21.6 Å². The maximum Gasteiger partial charge on any atom is 0.268 e. The van der Waals surface area contributed by atoms with Gasteiger partial charge in [0.1, 0.15) is 12.3 Å². The first-order chi connectivity index (χ1) is 13.7. The van der Waals surface area contributed by atoms with Crippen LogP contribution >= 0.6 is 0 Å². The molecule has 1 amide bonds. The van der Waals surface area contributed by atoms with Crippen LogP contribution in [0.25, 0.3) is 0 Å². The van der Waals surface area contributed by atoms with Crippen LogP contribution in [0, 0.1) is 0 Å². The number of amides is 1. The van der Waals surface area contributed by atoms with E-state index in [9.17, 15) is 14.7 Å². The molecule has 0 saturated heterocycles. The molecule has 0 aliphatic heterocycles. The number of carbonyl (C=O) groups is 1. The lowest BCUT2D eigenvalue weighted by atomic mass is 10.2. The Hall–Kier alpha value is -3.38. The quantitative estimate of drug-likeness (QED) is 0.631. The molecule has 2 N–H and O–H groups in total. The van der Waals surface area contributed by atoms with Gasteiger partial charge in [-0.1, -0.05) is 60.7 Å². The Morgan fingerprint density at radius 1 is 1.00 bits per heavy atom. The van der Waals surface area contributed by atoms with Crippen LogP contribution in [0.2, 0.25) is 0 Å². The van der Waals surface area contributed by atoms with Gasteiger partial charge in [-0.15, -0.1) is 0 Å². The van der Waals surface area contributed by atoms with Gasteiger partial charge in [-0.3, -0.25) is 9.59 Å². The van der Waals surface area contributed by atoms with E-state index < -0.39 is 0 Å². The molecular formula is C22H22N2O4. The van der Waals surface area contributed by atoms with Crippen molar-refractivity contribution in [3.05, 3.63) is 100.0 Å². The summed E-state index contributed by atoms with van der Waals surface area (Å²) in [5, 5.41) is 12.1. The molecule has 0 bridgehead atoms. The third kappa shape index (κ3) is 5.08. The molecule has 3 aromatic rings. The number of rotatable bonds is 8. The van der Waals surface area contributed by atoms with Crippen molar-refractivity contribution in [2.75, 3.05) is 6.61 Å². The Balaban J connectivity index is 1.76. The van der Waals surface area contributed by atoms with Crippen LogP contribution in [-0.4, -0.2) is 22.2 Å². The Labute approximate surface area is 163 Å². The number of aliphatic hydroxyl groups is 1. The van der Waals surface area contributed by atoms with Gasteiger partial charge in [-0.2, -0.15) is 0 Å². The van der Waals surface area contributed by atoms with Crippen LogP contribution in [0.3, 0.4) is 0 Å². The number of hydrogen-bond acceptors (Lipinski definition) is 4. The van der Waals surface area contributed by atoms with Crippen molar-refractivity contribution in [1.29, 1.82) is 0 Å². The SMILES string of the molecule is O=C(NCc1ccccc1)c1cc(=O)c(OCc2ccccc2)cn1CCO. The molecule has 0 spiro atoms. The summed E-state index contributed by atoms with van der Waals surface area (Å²) in [5.74, 6) is -0.249. The number of nitrogens with one attached hydrogen (secondary N) is 1. The molecule has 1 aromatic heterocycles. The first-order valence-electron chi connectivity index (χ1n) is 9.01. The van der Waals surface area contributed by atoms with Gasteiger partial charge in [-0.25, -0.2) is 0 Å². The predicted molar refractivity (Wildman–Crippen MR) is 106 cm³/mol. The zero-order valence-electron chi connectivity index (χ0n) is 15.4. The lowest BCUT2D eigenvalue weighted by Gasteiger charge is -2.15. The fraction of sp³-hybridized carbons (Fsp3) is 0.182. The molecule has 0 fully saturated rings. The van der Waals surface area contributed by atoms with Gasteiger partial charge in [0.25, 0.3) is 5.91 Å². The zero-order valence-corrected chi connectivity index (χ0v) is 15.4. The molecule has 144 valence electrons. The van der Waals surface area contributed by atoms with Crippen molar-refractivity contribution >= 4 is 5.91 Å². The monoisotopic (exact) mass is 378 g/mol. The van der Waals surface area contributed by atoms with Crippen molar-refractivity contribution in [3.63, 3.8) is 0 Å². The average molecular weight is 378 g/mol. The third-order valence-corrected chi connectivity index (χ3v) is 4.20. The summed E-state index contributed by atoms with van der Waals surface area (Å²) in [5.41, 5.74) is 1.69. The second kappa shape index (κ2) is 9.53. The van der Waals surface area contributed by atoms with E-state index in [-0.39, 0.29) is 42.5 Å². The van der Waals surface area contributed by atoms with Crippen molar-refractivity contribution in [3.8, 4) is 5.75 Å². The molecule has 6 heteroatoms. The average Bonchev–Trinajstić information content (AvgIpc) is 2.73. The van der Waals surface area contributed by atoms with Crippen molar-refractivity contribution in [2.45, 2.75) is 19.7 Å². The summed E-state index contributed by atoms with van der Waals surface area (Å²) in [7, 11) is 0. The van der Waals surface area contributed by atoms with Crippen molar-refractivity contribution in [1.82, 2.24) is 9.88 Å². The Morgan fingerprint density at radius 2 is 1.64 bits per heavy atom. The minimum atomic E-state index is -0.385. The van der Waals surface area contributed by atoms with Gasteiger partial charge < -0.3 is 19.7 Å². The molecule has 0 aliphatic carbocycles. The highest BCUT2D eigenvalue weighted by Crippen LogP contribution is 2.11. The Morgan fingerprint density at radius 3 is 2.29 bits per heavy atom. The van der Waals surface area contributed by atoms with E-state index in [0.29, 0.717) is 6.54 Å². The number of pyridine rings is 1. The van der Waals surface area contributed by atoms with E-state index >= 15 is 0 Å². The minimum Gasteiger partial charge on any atom is -0.483 e. The maximum atomic E-state index is 12.6. The molecule has 6 nitrogen and oxygen atoms in total. The van der Waals surface area contributed by atoms with Gasteiger partial charge in [0.2, 0.25) is 5.43 Å². The number of benzene rings is 2. The number of ether oxygens (including phenoxy) is 1. The highest BCUT2D eigenvalue weighted by Gasteiger charge is 2.14. The van der Waals surface area contributed by atoms with Crippen LogP contribution in [-0.2, 0) is 19.7 Å². The first kappa shape index (κ1) is 19.4. The van der Waals surface area contributed by atoms with E-state index in [2.05, 4.69) is 5.32 Å². The highest BCUT2D eigenvalue weighted by atomic mass is 16.5. The van der Waals surface area contributed by atoms with Crippen LogP contribution in [0.4, 0.5) is 0 Å². The van der Waals surface area contributed by atoms with Gasteiger partial charge in [-0.05, 0) is 11.1 Å². The van der Waals surface area contributed by atoms with E-state index in [1.165, 1.54) is 16.8 Å². The molecule has 1 heterocycles. The zero-order chi connectivity index (χ0) is 19.8. The largest absolute Gasteiger partial charge is 0.483 e. The van der Waals surface area contributed by atoms with Crippen LogP contribution in [0.5, 0.6) is 5.75 Å². The number of nitrogens with zero attached hydrogens (tertiary/aromatic N) is 1. The van der Waals surface area contributed by atoms with Gasteiger partial charge in [0, 0.05) is 19.2 Å². The number of hydrogen-bond donors (Lipinski definition) is 2. The van der Waals surface area contributed by atoms with Crippen molar-refractivity contribution < 1.29 is 14.6 Å². The fourth-order valence-corrected chi connectivity index (χ4v) is 2.75. The van der Waals surface area contributed by atoms with Crippen LogP contribution in [0.15, 0.2) is 77.7 Å². The molecule has 2 aromatic carbocycles. The molecule has 28 heavy (non-hydrogen) atoms. The van der Waals surface area contributed by atoms with Crippen LogP contribution < -0.4 is 15.5 Å². The van der Waals surface area contributed by atoms with E-state index in [1.807, 2.05) is 60.7 Å². The number of aliphatic hydroxyl groups excluding tert-OH is 1. The van der Waals surface area contributed by atoms with E-state index in [0.717, 1.165) is 11.1 Å². The molecule has 0 aliphatic rings. The second-order valence-electron chi connectivity index (χ2n) is 6.25.